The minimum absolute atomic E-state index is 0.803. The molecule has 2 nitrogen and oxygen atoms in total. The number of aliphatic hydroxyl groups excluding tert-OH is 1. The van der Waals surface area contributed by atoms with Gasteiger partial charge in [-0.2, -0.15) is 0 Å². The number of hydrogen-bond donors (Lipinski definition) is 1. The standard InChI is InChI=1S/C8H9IO2/c1-11-8(10)6-4-2-3-5-7(6)9/h2-5,8,10H,1H3. The average molecular weight is 264 g/mol. The molecule has 0 aliphatic rings. The van der Waals surface area contributed by atoms with Gasteiger partial charge in [-0.05, 0) is 28.7 Å². The molecule has 1 unspecified atom stereocenters. The normalized spacial score (nSPS) is 13.0. The molecule has 0 bridgehead atoms. The van der Waals surface area contributed by atoms with Gasteiger partial charge in [-0.25, -0.2) is 0 Å². The SMILES string of the molecule is COC(O)c1ccccc1I. The summed E-state index contributed by atoms with van der Waals surface area (Å²) >= 11 is 2.16. The molecule has 1 aromatic carbocycles. The van der Waals surface area contributed by atoms with E-state index in [-0.39, 0.29) is 0 Å². The maximum Gasteiger partial charge on any atom is 0.181 e. The van der Waals surface area contributed by atoms with Gasteiger partial charge >= 0.3 is 0 Å². The smallest absolute Gasteiger partial charge is 0.181 e. The number of hydrogen-bond acceptors (Lipinski definition) is 2. The Morgan fingerprint density at radius 2 is 2.09 bits per heavy atom. The number of ether oxygens (including phenoxy) is 1. The van der Waals surface area contributed by atoms with Crippen molar-refractivity contribution in [3.05, 3.63) is 33.4 Å². The van der Waals surface area contributed by atoms with E-state index in [4.69, 9.17) is 4.74 Å². The van der Waals surface area contributed by atoms with Gasteiger partial charge in [0.15, 0.2) is 6.29 Å². The Kier molecular flexibility index (Phi) is 3.29. The minimum Gasteiger partial charge on any atom is -0.364 e. The lowest BCUT2D eigenvalue weighted by molar-refractivity contribution is -0.0774. The zero-order chi connectivity index (χ0) is 8.27. The molecular weight excluding hydrogens is 255 g/mol. The van der Waals surface area contributed by atoms with Crippen LogP contribution in [0.4, 0.5) is 0 Å². The lowest BCUT2D eigenvalue weighted by Crippen LogP contribution is -2.01. The predicted octanol–water partition coefficient (Wildman–Crippen LogP) is 1.93. The van der Waals surface area contributed by atoms with Crippen molar-refractivity contribution in [3.8, 4) is 0 Å². The van der Waals surface area contributed by atoms with Crippen molar-refractivity contribution in [2.24, 2.45) is 0 Å². The van der Waals surface area contributed by atoms with E-state index in [0.717, 1.165) is 9.13 Å². The number of halogens is 1. The summed E-state index contributed by atoms with van der Waals surface area (Å²) in [5.74, 6) is 0. The van der Waals surface area contributed by atoms with Gasteiger partial charge in [0, 0.05) is 16.2 Å². The topological polar surface area (TPSA) is 29.5 Å². The van der Waals surface area contributed by atoms with Gasteiger partial charge in [-0.3, -0.25) is 0 Å². The van der Waals surface area contributed by atoms with Gasteiger partial charge in [0.05, 0.1) is 0 Å². The molecule has 0 aliphatic heterocycles. The summed E-state index contributed by atoms with van der Waals surface area (Å²) < 4.78 is 5.78. The van der Waals surface area contributed by atoms with Crippen molar-refractivity contribution in [3.63, 3.8) is 0 Å². The summed E-state index contributed by atoms with van der Waals surface area (Å²) in [5.41, 5.74) is 0.815. The third-order valence-corrected chi connectivity index (χ3v) is 2.38. The van der Waals surface area contributed by atoms with Crippen LogP contribution in [-0.4, -0.2) is 12.2 Å². The van der Waals surface area contributed by atoms with Crippen LogP contribution >= 0.6 is 22.6 Å². The lowest BCUT2D eigenvalue weighted by atomic mass is 10.2. The highest BCUT2D eigenvalue weighted by Crippen LogP contribution is 2.19. The van der Waals surface area contributed by atoms with E-state index in [1.165, 1.54) is 7.11 Å². The number of methoxy groups -OCH3 is 1. The van der Waals surface area contributed by atoms with Gasteiger partial charge in [0.1, 0.15) is 0 Å². The van der Waals surface area contributed by atoms with Crippen LogP contribution < -0.4 is 0 Å². The van der Waals surface area contributed by atoms with Crippen LogP contribution in [-0.2, 0) is 4.74 Å². The van der Waals surface area contributed by atoms with Gasteiger partial charge in [0.2, 0.25) is 0 Å². The van der Waals surface area contributed by atoms with Crippen LogP contribution in [0.3, 0.4) is 0 Å². The maximum atomic E-state index is 9.28. The van der Waals surface area contributed by atoms with Crippen molar-refractivity contribution < 1.29 is 9.84 Å². The molecule has 60 valence electrons. The predicted molar refractivity (Wildman–Crippen MR) is 51.1 cm³/mol. The fourth-order valence-electron chi connectivity index (χ4n) is 0.802. The highest BCUT2D eigenvalue weighted by atomic mass is 127. The largest absolute Gasteiger partial charge is 0.364 e. The summed E-state index contributed by atoms with van der Waals surface area (Å²) in [4.78, 5) is 0. The van der Waals surface area contributed by atoms with Gasteiger partial charge < -0.3 is 9.84 Å². The third kappa shape index (κ3) is 2.15. The first-order chi connectivity index (χ1) is 5.25. The van der Waals surface area contributed by atoms with Crippen LogP contribution in [0.1, 0.15) is 11.9 Å². The Hall–Kier alpha value is -0.130. The van der Waals surface area contributed by atoms with Crippen molar-refractivity contribution in [1.82, 2.24) is 0 Å². The van der Waals surface area contributed by atoms with Crippen LogP contribution in [0.5, 0.6) is 0 Å². The molecule has 1 rings (SSSR count). The second-order valence-corrected chi connectivity index (χ2v) is 3.27. The fourth-order valence-corrected chi connectivity index (χ4v) is 1.46. The molecule has 0 saturated carbocycles. The molecule has 0 aromatic heterocycles. The monoisotopic (exact) mass is 264 g/mol. The molecule has 0 radical (unpaired) electrons. The summed E-state index contributed by atoms with van der Waals surface area (Å²) in [7, 11) is 1.48. The first-order valence-electron chi connectivity index (χ1n) is 3.21. The molecule has 11 heavy (non-hydrogen) atoms. The second kappa shape index (κ2) is 4.04. The Balaban J connectivity index is 2.93. The quantitative estimate of drug-likeness (QED) is 0.653. The number of benzene rings is 1. The Labute approximate surface area is 79.3 Å². The molecule has 0 heterocycles. The van der Waals surface area contributed by atoms with Crippen LogP contribution in [0.25, 0.3) is 0 Å². The first-order valence-corrected chi connectivity index (χ1v) is 4.29. The van der Waals surface area contributed by atoms with Crippen molar-refractivity contribution in [1.29, 1.82) is 0 Å². The van der Waals surface area contributed by atoms with E-state index < -0.39 is 6.29 Å². The van der Waals surface area contributed by atoms with E-state index in [1.807, 2.05) is 24.3 Å². The molecule has 0 fully saturated rings. The molecular formula is C8H9IO2. The number of aliphatic hydroxyl groups is 1. The Morgan fingerprint density at radius 3 is 2.64 bits per heavy atom. The van der Waals surface area contributed by atoms with E-state index >= 15 is 0 Å². The van der Waals surface area contributed by atoms with E-state index in [0.29, 0.717) is 0 Å². The van der Waals surface area contributed by atoms with E-state index in [2.05, 4.69) is 22.6 Å². The molecule has 1 atom stereocenters. The Morgan fingerprint density at radius 1 is 1.45 bits per heavy atom. The van der Waals surface area contributed by atoms with Crippen molar-refractivity contribution in [2.75, 3.05) is 7.11 Å². The minimum atomic E-state index is -0.803. The molecule has 1 aromatic rings. The lowest BCUT2D eigenvalue weighted by Gasteiger charge is -2.09. The average Bonchev–Trinajstić information content (AvgIpc) is 2.04. The molecule has 0 spiro atoms. The molecule has 3 heteroatoms. The van der Waals surface area contributed by atoms with Crippen LogP contribution in [0.2, 0.25) is 0 Å². The van der Waals surface area contributed by atoms with Crippen molar-refractivity contribution in [2.45, 2.75) is 6.29 Å². The van der Waals surface area contributed by atoms with Gasteiger partial charge in [0.25, 0.3) is 0 Å². The summed E-state index contributed by atoms with van der Waals surface area (Å²) in [6, 6.07) is 7.57. The summed E-state index contributed by atoms with van der Waals surface area (Å²) in [5, 5.41) is 9.28. The van der Waals surface area contributed by atoms with Crippen molar-refractivity contribution >= 4 is 22.6 Å². The van der Waals surface area contributed by atoms with E-state index in [9.17, 15) is 5.11 Å². The summed E-state index contributed by atoms with van der Waals surface area (Å²) in [6.45, 7) is 0. The number of rotatable bonds is 2. The maximum absolute atomic E-state index is 9.28. The molecule has 0 saturated heterocycles. The zero-order valence-corrected chi connectivity index (χ0v) is 8.28. The highest BCUT2D eigenvalue weighted by Gasteiger charge is 2.07. The molecule has 1 N–H and O–H groups in total. The third-order valence-electron chi connectivity index (χ3n) is 1.39. The van der Waals surface area contributed by atoms with Gasteiger partial charge in [-0.15, -0.1) is 0 Å². The van der Waals surface area contributed by atoms with E-state index in [1.54, 1.807) is 0 Å². The first kappa shape index (κ1) is 8.96. The van der Waals surface area contributed by atoms with Crippen LogP contribution in [0.15, 0.2) is 24.3 Å². The van der Waals surface area contributed by atoms with Crippen LogP contribution in [0, 0.1) is 3.57 Å². The summed E-state index contributed by atoms with van der Waals surface area (Å²) in [6.07, 6.45) is -0.803. The molecule has 0 aliphatic carbocycles. The zero-order valence-electron chi connectivity index (χ0n) is 6.12. The van der Waals surface area contributed by atoms with Gasteiger partial charge in [-0.1, -0.05) is 18.2 Å². The Bertz CT molecular complexity index is 237. The molecule has 0 amide bonds. The fraction of sp³-hybridized carbons (Fsp3) is 0.250. The second-order valence-electron chi connectivity index (χ2n) is 2.11. The highest BCUT2D eigenvalue weighted by molar-refractivity contribution is 14.1.